The van der Waals surface area contributed by atoms with Crippen molar-refractivity contribution in [1.29, 1.82) is 0 Å². The summed E-state index contributed by atoms with van der Waals surface area (Å²) in [5.74, 6) is 0.492. The molecule has 0 spiro atoms. The van der Waals surface area contributed by atoms with Crippen LogP contribution in [0.5, 0.6) is 0 Å². The van der Waals surface area contributed by atoms with Crippen LogP contribution in [0.4, 0.5) is 0 Å². The summed E-state index contributed by atoms with van der Waals surface area (Å²) in [7, 11) is 0. The number of rotatable bonds is 3. The van der Waals surface area contributed by atoms with Crippen LogP contribution in [0.25, 0.3) is 0 Å². The average Bonchev–Trinajstić information content (AvgIpc) is 2.31. The molecule has 1 aliphatic rings. The minimum absolute atomic E-state index is 0.148. The summed E-state index contributed by atoms with van der Waals surface area (Å²) in [5, 5.41) is 11.7. The summed E-state index contributed by atoms with van der Waals surface area (Å²) >= 11 is 0. The number of hydrogen-bond donors (Lipinski definition) is 2. The number of carbonyl (C=O) groups excluding carboxylic acids is 1. The SMILES string of the molecule is C=C/C=C(/O)C=C.O=CC1CCNCC1. The summed E-state index contributed by atoms with van der Waals surface area (Å²) in [6.45, 7) is 8.71. The van der Waals surface area contributed by atoms with E-state index in [1.54, 1.807) is 0 Å². The zero-order valence-corrected chi connectivity index (χ0v) is 8.98. The Hall–Kier alpha value is -1.35. The van der Waals surface area contributed by atoms with E-state index < -0.39 is 0 Å². The van der Waals surface area contributed by atoms with Gasteiger partial charge >= 0.3 is 0 Å². The van der Waals surface area contributed by atoms with E-state index in [4.69, 9.17) is 5.11 Å². The van der Waals surface area contributed by atoms with Crippen LogP contribution in [0.3, 0.4) is 0 Å². The van der Waals surface area contributed by atoms with Gasteiger partial charge in [0.2, 0.25) is 0 Å². The van der Waals surface area contributed by atoms with Crippen LogP contribution < -0.4 is 5.32 Å². The zero-order valence-electron chi connectivity index (χ0n) is 8.98. The summed E-state index contributed by atoms with van der Waals surface area (Å²) < 4.78 is 0. The molecule has 0 bridgehead atoms. The molecule has 84 valence electrons. The number of piperidine rings is 1. The van der Waals surface area contributed by atoms with Gasteiger partial charge in [-0.3, -0.25) is 0 Å². The van der Waals surface area contributed by atoms with Gasteiger partial charge in [0.25, 0.3) is 0 Å². The average molecular weight is 209 g/mol. The first-order valence-corrected chi connectivity index (χ1v) is 5.04. The third-order valence-corrected chi connectivity index (χ3v) is 2.07. The van der Waals surface area contributed by atoms with E-state index in [0.717, 1.165) is 32.2 Å². The Bertz CT molecular complexity index is 228. The molecule has 0 saturated carbocycles. The molecule has 1 aliphatic heterocycles. The third-order valence-electron chi connectivity index (χ3n) is 2.07. The van der Waals surface area contributed by atoms with E-state index in [2.05, 4.69) is 18.5 Å². The van der Waals surface area contributed by atoms with Gasteiger partial charge in [-0.05, 0) is 38.1 Å². The fourth-order valence-electron chi connectivity index (χ4n) is 1.17. The lowest BCUT2D eigenvalue weighted by molar-refractivity contribution is -0.111. The Morgan fingerprint density at radius 2 is 1.93 bits per heavy atom. The molecule has 1 saturated heterocycles. The highest BCUT2D eigenvalue weighted by Gasteiger charge is 2.09. The topological polar surface area (TPSA) is 49.3 Å². The molecule has 0 radical (unpaired) electrons. The second-order valence-electron chi connectivity index (χ2n) is 3.25. The van der Waals surface area contributed by atoms with Crippen molar-refractivity contribution < 1.29 is 9.90 Å². The van der Waals surface area contributed by atoms with Crippen molar-refractivity contribution in [2.75, 3.05) is 13.1 Å². The lowest BCUT2D eigenvalue weighted by Crippen LogP contribution is -2.28. The molecule has 0 aromatic carbocycles. The molecule has 1 heterocycles. The van der Waals surface area contributed by atoms with E-state index in [1.807, 2.05) is 0 Å². The molecule has 2 N–H and O–H groups in total. The quantitative estimate of drug-likeness (QED) is 0.424. The molecule has 3 nitrogen and oxygen atoms in total. The van der Waals surface area contributed by atoms with Crippen LogP contribution in [0.1, 0.15) is 12.8 Å². The van der Waals surface area contributed by atoms with Crippen LogP contribution in [-0.4, -0.2) is 24.5 Å². The van der Waals surface area contributed by atoms with Crippen LogP contribution in [0.15, 0.2) is 37.1 Å². The number of aliphatic hydroxyl groups is 1. The fraction of sp³-hybridized carbons (Fsp3) is 0.417. The van der Waals surface area contributed by atoms with Crippen LogP contribution in [-0.2, 0) is 4.79 Å². The minimum Gasteiger partial charge on any atom is -0.508 e. The van der Waals surface area contributed by atoms with Crippen LogP contribution in [0.2, 0.25) is 0 Å². The van der Waals surface area contributed by atoms with Gasteiger partial charge in [-0.2, -0.15) is 0 Å². The molecule has 15 heavy (non-hydrogen) atoms. The number of hydrogen-bond acceptors (Lipinski definition) is 3. The summed E-state index contributed by atoms with van der Waals surface area (Å²) in [4.78, 5) is 10.1. The Balaban J connectivity index is 0.000000265. The monoisotopic (exact) mass is 209 g/mol. The van der Waals surface area contributed by atoms with Gasteiger partial charge < -0.3 is 15.2 Å². The largest absolute Gasteiger partial charge is 0.508 e. The van der Waals surface area contributed by atoms with Gasteiger partial charge in [0.1, 0.15) is 12.0 Å². The van der Waals surface area contributed by atoms with E-state index in [-0.39, 0.29) is 5.76 Å². The molecule has 0 atom stereocenters. The van der Waals surface area contributed by atoms with Crippen molar-refractivity contribution in [2.45, 2.75) is 12.8 Å². The molecule has 0 aromatic rings. The molecule has 0 aliphatic carbocycles. The highest BCUT2D eigenvalue weighted by Crippen LogP contribution is 2.06. The number of aliphatic hydroxyl groups excluding tert-OH is 1. The van der Waals surface area contributed by atoms with Gasteiger partial charge in [0.05, 0.1) is 0 Å². The normalized spacial score (nSPS) is 17.2. The van der Waals surface area contributed by atoms with Gasteiger partial charge in [-0.1, -0.05) is 19.2 Å². The van der Waals surface area contributed by atoms with Crippen molar-refractivity contribution in [2.24, 2.45) is 5.92 Å². The molecular weight excluding hydrogens is 190 g/mol. The van der Waals surface area contributed by atoms with Crippen LogP contribution in [0, 0.1) is 5.92 Å². The van der Waals surface area contributed by atoms with Crippen molar-refractivity contribution in [3.63, 3.8) is 0 Å². The molecular formula is C12H19NO2. The van der Waals surface area contributed by atoms with E-state index in [1.165, 1.54) is 18.2 Å². The third kappa shape index (κ3) is 7.70. The lowest BCUT2D eigenvalue weighted by Gasteiger charge is -2.16. The number of aldehydes is 1. The van der Waals surface area contributed by atoms with E-state index in [9.17, 15) is 4.79 Å². The van der Waals surface area contributed by atoms with Crippen molar-refractivity contribution in [3.8, 4) is 0 Å². The summed E-state index contributed by atoms with van der Waals surface area (Å²) in [5.41, 5.74) is 0. The van der Waals surface area contributed by atoms with Crippen molar-refractivity contribution >= 4 is 6.29 Å². The standard InChI is InChI=1S/C6H11NO.C6H8O/c8-5-6-1-3-7-4-2-6;1-3-5-6(7)4-2/h5-7H,1-4H2;3-5,7H,1-2H2/b;6-5+. The predicted octanol–water partition coefficient (Wildman–Crippen LogP) is 1.99. The Morgan fingerprint density at radius 3 is 2.20 bits per heavy atom. The summed E-state index contributed by atoms with van der Waals surface area (Å²) in [6, 6.07) is 0. The van der Waals surface area contributed by atoms with Crippen LogP contribution >= 0.6 is 0 Å². The second-order valence-corrected chi connectivity index (χ2v) is 3.25. The maximum Gasteiger partial charge on any atom is 0.123 e. The van der Waals surface area contributed by atoms with Gasteiger partial charge in [0.15, 0.2) is 0 Å². The Labute approximate surface area is 91.2 Å². The smallest absolute Gasteiger partial charge is 0.123 e. The first kappa shape index (κ1) is 13.7. The van der Waals surface area contributed by atoms with E-state index >= 15 is 0 Å². The van der Waals surface area contributed by atoms with Gasteiger partial charge in [-0.25, -0.2) is 0 Å². The highest BCUT2D eigenvalue weighted by atomic mass is 16.3. The number of allylic oxidation sites excluding steroid dienone is 3. The first-order chi connectivity index (χ1) is 7.24. The number of carbonyl (C=O) groups is 1. The predicted molar refractivity (Wildman–Crippen MR) is 62.8 cm³/mol. The van der Waals surface area contributed by atoms with Crippen molar-refractivity contribution in [1.82, 2.24) is 5.32 Å². The number of nitrogens with one attached hydrogen (secondary N) is 1. The molecule has 3 heteroatoms. The fourth-order valence-corrected chi connectivity index (χ4v) is 1.17. The zero-order chi connectivity index (χ0) is 11.5. The molecule has 1 rings (SSSR count). The molecule has 0 amide bonds. The van der Waals surface area contributed by atoms with E-state index in [0.29, 0.717) is 5.92 Å². The summed E-state index contributed by atoms with van der Waals surface area (Å²) in [6.07, 6.45) is 7.44. The molecule has 0 aromatic heterocycles. The van der Waals surface area contributed by atoms with Gasteiger partial charge in [-0.15, -0.1) is 0 Å². The first-order valence-electron chi connectivity index (χ1n) is 5.04. The van der Waals surface area contributed by atoms with Crippen molar-refractivity contribution in [3.05, 3.63) is 37.1 Å². The maximum atomic E-state index is 10.1. The molecule has 1 fully saturated rings. The molecule has 0 unspecified atom stereocenters. The second kappa shape index (κ2) is 9.21. The van der Waals surface area contributed by atoms with Gasteiger partial charge in [0, 0.05) is 5.92 Å². The highest BCUT2D eigenvalue weighted by molar-refractivity contribution is 5.53. The lowest BCUT2D eigenvalue weighted by atomic mass is 10.0. The Morgan fingerprint density at radius 1 is 1.33 bits per heavy atom. The minimum atomic E-state index is 0.148. The maximum absolute atomic E-state index is 10.1. The Kier molecular flexibility index (Phi) is 8.39.